The number of pyridine rings is 2. The number of hydrogen-bond acceptors (Lipinski definition) is 6. The number of nitrogens with two attached hydrogens (primary N) is 2. The van der Waals surface area contributed by atoms with Crippen LogP contribution >= 0.6 is 11.3 Å². The highest BCUT2D eigenvalue weighted by Crippen LogP contribution is 2.20. The summed E-state index contributed by atoms with van der Waals surface area (Å²) in [7, 11) is 0. The molecule has 0 saturated heterocycles. The van der Waals surface area contributed by atoms with Gasteiger partial charge in [0.2, 0.25) is 11.2 Å². The molecule has 3 aromatic heterocycles. The Kier molecular flexibility index (Phi) is 5.80. The van der Waals surface area contributed by atoms with Gasteiger partial charge in [-0.15, -0.1) is 11.3 Å². The number of aromatic carboxylic acids is 1. The Bertz CT molecular complexity index is 977. The van der Waals surface area contributed by atoms with E-state index in [-0.39, 0.29) is 29.3 Å². The molecule has 0 unspecified atom stereocenters. The lowest BCUT2D eigenvalue weighted by molar-refractivity contribution is -0.574. The molecule has 5 N–H and O–H groups in total. The third-order valence-corrected chi connectivity index (χ3v) is 4.09. The quantitative estimate of drug-likeness (QED) is 0.425. The molecule has 0 aliphatic carbocycles. The Balaban J connectivity index is 0.00000225. The summed E-state index contributed by atoms with van der Waals surface area (Å²) in [6.07, 6.45) is 2.69. The maximum Gasteiger partial charge on any atom is 0.341 e. The lowest BCUT2D eigenvalue weighted by atomic mass is 10.2. The molecule has 3 heterocycles. The molecule has 0 aliphatic heterocycles. The van der Waals surface area contributed by atoms with Crippen LogP contribution in [0.15, 0.2) is 28.6 Å². The van der Waals surface area contributed by atoms with Crippen LogP contribution in [-0.4, -0.2) is 38.7 Å². The van der Waals surface area contributed by atoms with Crippen LogP contribution in [0.3, 0.4) is 0 Å². The molecule has 0 radical (unpaired) electrons. The third kappa shape index (κ3) is 3.51. The van der Waals surface area contributed by atoms with Crippen molar-refractivity contribution in [2.45, 2.75) is 0 Å². The molecule has 3 rings (SSSR count). The van der Waals surface area contributed by atoms with E-state index >= 15 is 0 Å². The fraction of sp³-hybridized carbons (Fsp3) is 0.143. The average Bonchev–Trinajstić information content (AvgIpc) is 3.08. The zero-order chi connectivity index (χ0) is 17.3. The van der Waals surface area contributed by atoms with E-state index in [0.717, 1.165) is 12.3 Å². The topological polar surface area (TPSA) is 128 Å². The molecular weight excluding hydrogens is 373 g/mol. The molecule has 8 nitrogen and oxygen atoms in total. The number of fused-ring (bicyclic) bond motifs is 1. The number of aromatic nitrogens is 3. The molecule has 25 heavy (non-hydrogen) atoms. The summed E-state index contributed by atoms with van der Waals surface area (Å²) in [5, 5.41) is 12.8. The minimum atomic E-state index is -1.40. The SMILES string of the molecule is NCC[NH2+]c1nc2c(cc1F)c(=O)c(C(=O)O)cn2-c1nccs1.[Cl-]. The van der Waals surface area contributed by atoms with E-state index in [4.69, 9.17) is 5.73 Å². The van der Waals surface area contributed by atoms with Crippen molar-refractivity contribution in [2.75, 3.05) is 13.1 Å². The molecule has 3 aromatic rings. The van der Waals surface area contributed by atoms with E-state index in [1.807, 2.05) is 0 Å². The maximum absolute atomic E-state index is 14.2. The van der Waals surface area contributed by atoms with Crippen LogP contribution in [0.1, 0.15) is 10.4 Å². The van der Waals surface area contributed by atoms with Gasteiger partial charge in [-0.25, -0.2) is 9.78 Å². The highest BCUT2D eigenvalue weighted by molar-refractivity contribution is 7.12. The lowest BCUT2D eigenvalue weighted by Gasteiger charge is -2.10. The zero-order valence-corrected chi connectivity index (χ0v) is 14.2. The van der Waals surface area contributed by atoms with E-state index in [0.29, 0.717) is 18.2 Å². The summed E-state index contributed by atoms with van der Waals surface area (Å²) in [5.41, 5.74) is 4.29. The van der Waals surface area contributed by atoms with Crippen molar-refractivity contribution >= 4 is 34.2 Å². The van der Waals surface area contributed by atoms with Crippen LogP contribution in [0.5, 0.6) is 0 Å². The van der Waals surface area contributed by atoms with Gasteiger partial charge in [0.05, 0.1) is 11.9 Å². The first kappa shape index (κ1) is 18.9. The Hall–Kier alpha value is -2.40. The lowest BCUT2D eigenvalue weighted by Crippen LogP contribution is -3.00. The highest BCUT2D eigenvalue weighted by atomic mass is 35.5. The normalized spacial score (nSPS) is 10.6. The number of thiazole rings is 1. The van der Waals surface area contributed by atoms with Crippen molar-refractivity contribution in [3.05, 3.63) is 45.4 Å². The molecule has 0 atom stereocenters. The monoisotopic (exact) mass is 385 g/mol. The van der Waals surface area contributed by atoms with Crippen LogP contribution < -0.4 is 28.9 Å². The molecule has 0 aliphatic rings. The van der Waals surface area contributed by atoms with Gasteiger partial charge in [0.25, 0.3) is 5.82 Å². The van der Waals surface area contributed by atoms with Gasteiger partial charge >= 0.3 is 5.97 Å². The minimum absolute atomic E-state index is 0. The van der Waals surface area contributed by atoms with Crippen molar-refractivity contribution in [1.82, 2.24) is 14.5 Å². The number of carboxylic acid groups (broad SMARTS) is 1. The van der Waals surface area contributed by atoms with Gasteiger partial charge in [-0.3, -0.25) is 14.7 Å². The van der Waals surface area contributed by atoms with Gasteiger partial charge in [0, 0.05) is 24.3 Å². The Morgan fingerprint density at radius 3 is 2.84 bits per heavy atom. The number of hydrogen-bond donors (Lipinski definition) is 3. The molecule has 0 spiro atoms. The van der Waals surface area contributed by atoms with Crippen LogP contribution in [0.4, 0.5) is 10.2 Å². The van der Waals surface area contributed by atoms with Crippen molar-refractivity contribution in [2.24, 2.45) is 5.73 Å². The summed E-state index contributed by atoms with van der Waals surface area (Å²) in [5.74, 6) is -2.05. The third-order valence-electron chi connectivity index (χ3n) is 3.32. The molecule has 0 fully saturated rings. The zero-order valence-electron chi connectivity index (χ0n) is 12.6. The van der Waals surface area contributed by atoms with E-state index < -0.39 is 22.8 Å². The standard InChI is InChI=1S/C14H12FN5O3S.ClH/c15-9-5-7-10(21)8(13(22)23)6-20(14-18-3-4-24-14)12(7)19-11(9)17-2-1-16;/h3-6H,1-2,16H2,(H,17,19)(H,22,23);1H. The van der Waals surface area contributed by atoms with Crippen LogP contribution in [0.2, 0.25) is 0 Å². The average molecular weight is 386 g/mol. The minimum Gasteiger partial charge on any atom is -1.00 e. The van der Waals surface area contributed by atoms with Crippen LogP contribution in [0, 0.1) is 5.82 Å². The van der Waals surface area contributed by atoms with Gasteiger partial charge in [0.15, 0.2) is 10.8 Å². The first-order valence-corrected chi connectivity index (χ1v) is 7.83. The fourth-order valence-corrected chi connectivity index (χ4v) is 2.85. The van der Waals surface area contributed by atoms with Crippen molar-refractivity contribution in [3.63, 3.8) is 0 Å². The Morgan fingerprint density at radius 2 is 2.24 bits per heavy atom. The summed E-state index contributed by atoms with van der Waals surface area (Å²) in [4.78, 5) is 31.9. The summed E-state index contributed by atoms with van der Waals surface area (Å²) in [6.45, 7) is 0.751. The number of quaternary nitrogens is 1. The predicted molar refractivity (Wildman–Crippen MR) is 85.4 cm³/mol. The first-order valence-electron chi connectivity index (χ1n) is 6.95. The maximum atomic E-state index is 14.2. The Labute approximate surface area is 150 Å². The number of halogens is 2. The molecule has 11 heteroatoms. The second-order valence-electron chi connectivity index (χ2n) is 4.87. The van der Waals surface area contributed by atoms with Crippen LogP contribution in [-0.2, 0) is 0 Å². The smallest absolute Gasteiger partial charge is 0.341 e. The summed E-state index contributed by atoms with van der Waals surface area (Å²) >= 11 is 1.24. The van der Waals surface area contributed by atoms with E-state index in [1.165, 1.54) is 27.4 Å². The molecule has 0 saturated carbocycles. The second-order valence-corrected chi connectivity index (χ2v) is 5.74. The molecule has 0 amide bonds. The second kappa shape index (κ2) is 7.66. The van der Waals surface area contributed by atoms with Crippen molar-refractivity contribution in [3.8, 4) is 5.13 Å². The van der Waals surface area contributed by atoms with Gasteiger partial charge < -0.3 is 23.2 Å². The van der Waals surface area contributed by atoms with Crippen LogP contribution in [0.25, 0.3) is 16.2 Å². The number of nitrogens with zero attached hydrogens (tertiary/aromatic N) is 3. The van der Waals surface area contributed by atoms with E-state index in [1.54, 1.807) is 5.38 Å². The molecule has 132 valence electrons. The van der Waals surface area contributed by atoms with Crippen molar-refractivity contribution < 1.29 is 32.0 Å². The number of rotatable bonds is 5. The van der Waals surface area contributed by atoms with E-state index in [9.17, 15) is 19.1 Å². The number of carboxylic acids is 1. The van der Waals surface area contributed by atoms with Gasteiger partial charge in [-0.2, -0.15) is 9.37 Å². The fourth-order valence-electron chi connectivity index (χ4n) is 2.23. The first-order chi connectivity index (χ1) is 11.5. The predicted octanol–water partition coefficient (Wildman–Crippen LogP) is -3.16. The van der Waals surface area contributed by atoms with Gasteiger partial charge in [-0.05, 0) is 6.07 Å². The summed E-state index contributed by atoms with van der Waals surface area (Å²) in [6, 6.07) is 1.00. The largest absolute Gasteiger partial charge is 1.00 e. The van der Waals surface area contributed by atoms with Gasteiger partial charge in [-0.1, -0.05) is 0 Å². The van der Waals surface area contributed by atoms with Gasteiger partial charge in [0.1, 0.15) is 5.56 Å². The summed E-state index contributed by atoms with van der Waals surface area (Å²) < 4.78 is 15.6. The van der Waals surface area contributed by atoms with E-state index in [2.05, 4.69) is 9.97 Å². The van der Waals surface area contributed by atoms with Crippen molar-refractivity contribution in [1.29, 1.82) is 0 Å². The molecule has 0 aromatic carbocycles. The molecular formula is C14H13ClFN5O3S. The number of carbonyl (C=O) groups is 1. The Morgan fingerprint density at radius 1 is 1.48 bits per heavy atom. The molecule has 0 bridgehead atoms. The highest BCUT2D eigenvalue weighted by Gasteiger charge is 2.20.